The van der Waals surface area contributed by atoms with Gasteiger partial charge in [-0.15, -0.1) is 0 Å². The molecular weight excluding hydrogens is 362 g/mol. The van der Waals surface area contributed by atoms with Crippen LogP contribution >= 0.6 is 0 Å². The zero-order valence-corrected chi connectivity index (χ0v) is 16.6. The van der Waals surface area contributed by atoms with Gasteiger partial charge in [-0.1, -0.05) is 30.3 Å². The predicted molar refractivity (Wildman–Crippen MR) is 114 cm³/mol. The molecule has 0 bridgehead atoms. The lowest BCUT2D eigenvalue weighted by atomic mass is 10.0. The highest BCUT2D eigenvalue weighted by atomic mass is 16.5. The summed E-state index contributed by atoms with van der Waals surface area (Å²) in [5, 5.41) is 0. The number of ether oxygens (including phenoxy) is 1. The molecule has 0 spiro atoms. The largest absolute Gasteiger partial charge is 0.497 e. The molecule has 0 radical (unpaired) electrons. The van der Waals surface area contributed by atoms with Gasteiger partial charge in [0.15, 0.2) is 0 Å². The van der Waals surface area contributed by atoms with Gasteiger partial charge in [0.1, 0.15) is 5.75 Å². The third kappa shape index (κ3) is 4.46. The van der Waals surface area contributed by atoms with Crippen LogP contribution in [0, 0.1) is 0 Å². The zero-order chi connectivity index (χ0) is 20.1. The maximum atomic E-state index is 12.8. The van der Waals surface area contributed by atoms with Gasteiger partial charge in [-0.25, -0.2) is 0 Å². The van der Waals surface area contributed by atoms with Gasteiger partial charge in [0.2, 0.25) is 0 Å². The van der Waals surface area contributed by atoms with Gasteiger partial charge in [-0.3, -0.25) is 14.7 Å². The molecule has 1 saturated heterocycles. The highest BCUT2D eigenvalue weighted by Crippen LogP contribution is 2.24. The van der Waals surface area contributed by atoms with E-state index in [4.69, 9.17) is 4.74 Å². The van der Waals surface area contributed by atoms with E-state index in [2.05, 4.69) is 40.2 Å². The number of aromatic nitrogens is 1. The monoisotopic (exact) mass is 387 g/mol. The number of piperazine rings is 1. The molecule has 0 atom stereocenters. The molecule has 1 aliphatic heterocycles. The Hall–Kier alpha value is -3.18. The maximum absolute atomic E-state index is 12.8. The number of pyridine rings is 1. The average Bonchev–Trinajstić information content (AvgIpc) is 2.80. The number of hydrogen-bond donors (Lipinski definition) is 0. The minimum Gasteiger partial charge on any atom is -0.497 e. The van der Waals surface area contributed by atoms with Crippen LogP contribution < -0.4 is 4.74 Å². The van der Waals surface area contributed by atoms with Gasteiger partial charge in [-0.05, 0) is 41.5 Å². The molecule has 0 unspecified atom stereocenters. The third-order valence-electron chi connectivity index (χ3n) is 5.38. The number of methoxy groups -OCH3 is 1. The van der Waals surface area contributed by atoms with Crippen molar-refractivity contribution in [3.05, 3.63) is 84.2 Å². The minimum absolute atomic E-state index is 0.0862. The molecule has 0 saturated carbocycles. The van der Waals surface area contributed by atoms with Crippen molar-refractivity contribution >= 4 is 5.91 Å². The number of carbonyl (C=O) groups excluding carboxylic acids is 1. The molecule has 0 N–H and O–H groups in total. The lowest BCUT2D eigenvalue weighted by Gasteiger charge is -2.35. The lowest BCUT2D eigenvalue weighted by molar-refractivity contribution is 0.0628. The maximum Gasteiger partial charge on any atom is 0.253 e. The van der Waals surface area contributed by atoms with E-state index in [0.29, 0.717) is 5.56 Å². The van der Waals surface area contributed by atoms with Gasteiger partial charge in [0, 0.05) is 56.2 Å². The Balaban J connectivity index is 1.39. The normalized spacial score (nSPS) is 14.6. The second-order valence-electron chi connectivity index (χ2n) is 7.20. The Labute approximate surface area is 171 Å². The van der Waals surface area contributed by atoms with Crippen LogP contribution in [-0.4, -0.2) is 54.0 Å². The smallest absolute Gasteiger partial charge is 0.253 e. The average molecular weight is 387 g/mol. The first-order valence-electron chi connectivity index (χ1n) is 9.88. The zero-order valence-electron chi connectivity index (χ0n) is 16.6. The Bertz CT molecular complexity index is 949. The van der Waals surface area contributed by atoms with Crippen LogP contribution in [0.5, 0.6) is 5.75 Å². The number of nitrogens with zero attached hydrogens (tertiary/aromatic N) is 3. The van der Waals surface area contributed by atoms with Crippen molar-refractivity contribution in [2.75, 3.05) is 33.3 Å². The van der Waals surface area contributed by atoms with Gasteiger partial charge in [0.25, 0.3) is 5.91 Å². The van der Waals surface area contributed by atoms with Crippen molar-refractivity contribution in [3.8, 4) is 16.9 Å². The van der Waals surface area contributed by atoms with E-state index in [1.165, 1.54) is 11.1 Å². The first-order valence-corrected chi connectivity index (χ1v) is 9.88. The first kappa shape index (κ1) is 19.2. The predicted octanol–water partition coefficient (Wildman–Crippen LogP) is 3.72. The quantitative estimate of drug-likeness (QED) is 0.669. The van der Waals surface area contributed by atoms with Gasteiger partial charge in [0.05, 0.1) is 7.11 Å². The Kier molecular flexibility index (Phi) is 5.86. The van der Waals surface area contributed by atoms with Crippen LogP contribution in [0.2, 0.25) is 0 Å². The summed E-state index contributed by atoms with van der Waals surface area (Å²) in [7, 11) is 1.63. The number of hydrogen-bond acceptors (Lipinski definition) is 4. The molecular formula is C24H25N3O2. The minimum atomic E-state index is 0.0862. The molecule has 3 aromatic rings. The van der Waals surface area contributed by atoms with Gasteiger partial charge >= 0.3 is 0 Å². The summed E-state index contributed by atoms with van der Waals surface area (Å²) < 4.78 is 5.17. The number of carbonyl (C=O) groups is 1. The van der Waals surface area contributed by atoms with E-state index in [1.807, 2.05) is 41.4 Å². The molecule has 1 aliphatic rings. The fourth-order valence-corrected chi connectivity index (χ4v) is 3.73. The molecule has 1 aromatic heterocycles. The fourth-order valence-electron chi connectivity index (χ4n) is 3.73. The molecule has 4 rings (SSSR count). The van der Waals surface area contributed by atoms with Crippen molar-refractivity contribution in [2.45, 2.75) is 6.54 Å². The fraction of sp³-hybridized carbons (Fsp3) is 0.250. The van der Waals surface area contributed by atoms with Crippen molar-refractivity contribution in [2.24, 2.45) is 0 Å². The summed E-state index contributed by atoms with van der Waals surface area (Å²) in [5.74, 6) is 0.849. The summed E-state index contributed by atoms with van der Waals surface area (Å²) in [6, 6.07) is 19.9. The van der Waals surface area contributed by atoms with Crippen molar-refractivity contribution < 1.29 is 9.53 Å². The van der Waals surface area contributed by atoms with Crippen LogP contribution in [0.3, 0.4) is 0 Å². The van der Waals surface area contributed by atoms with Crippen LogP contribution in [-0.2, 0) is 6.54 Å². The number of rotatable bonds is 5. The molecule has 2 heterocycles. The van der Waals surface area contributed by atoms with Crippen LogP contribution in [0.4, 0.5) is 0 Å². The van der Waals surface area contributed by atoms with Crippen molar-refractivity contribution in [3.63, 3.8) is 0 Å². The molecule has 1 amide bonds. The number of benzene rings is 2. The SMILES string of the molecule is COc1ccc(C(=O)N2CCN(Cc3ccccc3-c3cccnc3)CC2)cc1. The Morgan fingerprint density at radius 1 is 0.966 bits per heavy atom. The second kappa shape index (κ2) is 8.88. The topological polar surface area (TPSA) is 45.7 Å². The van der Waals surface area contributed by atoms with E-state index in [9.17, 15) is 4.79 Å². The molecule has 29 heavy (non-hydrogen) atoms. The van der Waals surface area contributed by atoms with Crippen LogP contribution in [0.25, 0.3) is 11.1 Å². The van der Waals surface area contributed by atoms with Crippen molar-refractivity contribution in [1.82, 2.24) is 14.8 Å². The molecule has 1 fully saturated rings. The number of amides is 1. The van der Waals surface area contributed by atoms with E-state index < -0.39 is 0 Å². The van der Waals surface area contributed by atoms with Gasteiger partial charge < -0.3 is 9.64 Å². The highest BCUT2D eigenvalue weighted by Gasteiger charge is 2.22. The Morgan fingerprint density at radius 3 is 2.41 bits per heavy atom. The van der Waals surface area contributed by atoms with Gasteiger partial charge in [-0.2, -0.15) is 0 Å². The van der Waals surface area contributed by atoms with Crippen LogP contribution in [0.1, 0.15) is 15.9 Å². The first-order chi connectivity index (χ1) is 14.2. The summed E-state index contributed by atoms with van der Waals surface area (Å²) in [4.78, 5) is 21.4. The van der Waals surface area contributed by atoms with Crippen LogP contribution in [0.15, 0.2) is 73.1 Å². The molecule has 148 valence electrons. The summed E-state index contributed by atoms with van der Waals surface area (Å²) in [5.41, 5.74) is 4.35. The lowest BCUT2D eigenvalue weighted by Crippen LogP contribution is -2.48. The Morgan fingerprint density at radius 2 is 1.72 bits per heavy atom. The molecule has 5 heteroatoms. The van der Waals surface area contributed by atoms with E-state index in [-0.39, 0.29) is 5.91 Å². The standard InChI is InChI=1S/C24H25N3O2/c1-29-22-10-8-19(9-11-22)24(28)27-15-13-26(14-16-27)18-21-5-2-3-7-23(21)20-6-4-12-25-17-20/h2-12,17H,13-16,18H2,1H3. The third-order valence-corrected chi connectivity index (χ3v) is 5.38. The second-order valence-corrected chi connectivity index (χ2v) is 7.20. The highest BCUT2D eigenvalue weighted by molar-refractivity contribution is 5.94. The summed E-state index contributed by atoms with van der Waals surface area (Å²) >= 11 is 0. The molecule has 0 aliphatic carbocycles. The van der Waals surface area contributed by atoms with E-state index in [0.717, 1.165) is 44.0 Å². The summed E-state index contributed by atoms with van der Waals surface area (Å²) in [6.45, 7) is 4.07. The molecule has 2 aromatic carbocycles. The van der Waals surface area contributed by atoms with E-state index >= 15 is 0 Å². The van der Waals surface area contributed by atoms with Crippen molar-refractivity contribution in [1.29, 1.82) is 0 Å². The molecule has 5 nitrogen and oxygen atoms in total. The summed E-state index contributed by atoms with van der Waals surface area (Å²) in [6.07, 6.45) is 3.70. The van der Waals surface area contributed by atoms with E-state index in [1.54, 1.807) is 13.3 Å².